The Kier molecular flexibility index (Phi) is 17.8. The van der Waals surface area contributed by atoms with Crippen molar-refractivity contribution in [2.45, 2.75) is 130 Å². The van der Waals surface area contributed by atoms with Crippen molar-refractivity contribution in [2.24, 2.45) is 5.92 Å². The van der Waals surface area contributed by atoms with Gasteiger partial charge in [0.2, 0.25) is 0 Å². The number of rotatable bonds is 20. The van der Waals surface area contributed by atoms with E-state index in [1.165, 1.54) is 83.5 Å². The molecule has 0 aromatic rings. The van der Waals surface area contributed by atoms with Crippen LogP contribution in [0.1, 0.15) is 130 Å². The van der Waals surface area contributed by atoms with E-state index in [-0.39, 0.29) is 11.9 Å². The maximum Gasteiger partial charge on any atom is 0.336 e. The first-order valence-electron chi connectivity index (χ1n) is 14.0. The van der Waals surface area contributed by atoms with Crippen molar-refractivity contribution < 1.29 is 19.1 Å². The van der Waals surface area contributed by atoms with Crippen LogP contribution in [0.4, 0.5) is 0 Å². The van der Waals surface area contributed by atoms with Crippen LogP contribution >= 0.6 is 0 Å². The number of allylic oxidation sites excluding steroid dienone is 1. The molecule has 1 atom stereocenters. The zero-order valence-electron chi connectivity index (χ0n) is 21.9. The molecule has 1 aliphatic rings. The molecule has 0 fully saturated rings. The Morgan fingerprint density at radius 1 is 0.758 bits per heavy atom. The zero-order chi connectivity index (χ0) is 24.2. The minimum Gasteiger partial charge on any atom is -0.466 e. The van der Waals surface area contributed by atoms with Crippen LogP contribution in [-0.4, -0.2) is 31.7 Å². The van der Waals surface area contributed by atoms with Crippen LogP contribution in [0.15, 0.2) is 11.3 Å². The van der Waals surface area contributed by atoms with Crippen LogP contribution in [0.3, 0.4) is 0 Å². The molecule has 0 aliphatic heterocycles. The third-order valence-electron chi connectivity index (χ3n) is 6.53. The molecule has 0 spiro atoms. The number of esters is 2. The van der Waals surface area contributed by atoms with Crippen molar-refractivity contribution in [3.63, 3.8) is 0 Å². The number of ether oxygens (including phenoxy) is 2. The molecule has 33 heavy (non-hydrogen) atoms. The summed E-state index contributed by atoms with van der Waals surface area (Å²) in [5, 5.41) is 3.45. The smallest absolute Gasteiger partial charge is 0.336 e. The number of carbonyl (C=O) groups is 2. The Labute approximate surface area is 203 Å². The second-order valence-corrected chi connectivity index (χ2v) is 9.33. The molecule has 5 heteroatoms. The third-order valence-corrected chi connectivity index (χ3v) is 6.53. The lowest BCUT2D eigenvalue weighted by molar-refractivity contribution is -0.150. The Morgan fingerprint density at radius 3 is 1.79 bits per heavy atom. The fourth-order valence-electron chi connectivity index (χ4n) is 4.67. The molecule has 1 rings (SSSR count). The Balaban J connectivity index is 2.22. The van der Waals surface area contributed by atoms with Gasteiger partial charge >= 0.3 is 11.9 Å². The van der Waals surface area contributed by atoms with Crippen molar-refractivity contribution in [1.29, 1.82) is 0 Å². The van der Waals surface area contributed by atoms with Crippen LogP contribution in [0.2, 0.25) is 0 Å². The molecule has 1 N–H and O–H groups in total. The number of unbranched alkanes of at least 4 members (excludes halogenated alkanes) is 13. The summed E-state index contributed by atoms with van der Waals surface area (Å²) in [5.41, 5.74) is 1.37. The maximum atomic E-state index is 12.6. The van der Waals surface area contributed by atoms with Crippen LogP contribution in [0.25, 0.3) is 0 Å². The monoisotopic (exact) mass is 465 g/mol. The number of hydrogen-bond donors (Lipinski definition) is 1. The molecule has 0 radical (unpaired) electrons. The molecule has 0 aromatic heterocycles. The van der Waals surface area contributed by atoms with Crippen molar-refractivity contribution >= 4 is 11.9 Å². The Morgan fingerprint density at radius 2 is 1.27 bits per heavy atom. The van der Waals surface area contributed by atoms with Gasteiger partial charge in [-0.05, 0) is 39.5 Å². The van der Waals surface area contributed by atoms with Crippen molar-refractivity contribution in [3.8, 4) is 0 Å². The number of hydrogen-bond acceptors (Lipinski definition) is 5. The molecule has 0 amide bonds. The normalized spacial score (nSPS) is 16.0. The van der Waals surface area contributed by atoms with Crippen LogP contribution in [0.5, 0.6) is 0 Å². The molecule has 0 saturated carbocycles. The quantitative estimate of drug-likeness (QED) is 0.152. The maximum absolute atomic E-state index is 12.6. The van der Waals surface area contributed by atoms with Gasteiger partial charge in [0.15, 0.2) is 0 Å². The molecule has 0 aromatic carbocycles. The van der Waals surface area contributed by atoms with E-state index < -0.39 is 5.92 Å². The molecular weight excluding hydrogens is 414 g/mol. The molecular formula is C28H51NO4. The first kappa shape index (κ1) is 29.5. The van der Waals surface area contributed by atoms with E-state index in [0.717, 1.165) is 31.5 Å². The van der Waals surface area contributed by atoms with E-state index in [9.17, 15) is 9.59 Å². The lowest BCUT2D eigenvalue weighted by Crippen LogP contribution is -2.33. The highest BCUT2D eigenvalue weighted by Crippen LogP contribution is 2.31. The highest BCUT2D eigenvalue weighted by molar-refractivity contribution is 5.96. The van der Waals surface area contributed by atoms with E-state index in [4.69, 9.17) is 9.47 Å². The van der Waals surface area contributed by atoms with Crippen LogP contribution in [-0.2, 0) is 19.1 Å². The average Bonchev–Trinajstić information content (AvgIpc) is 2.81. The minimum atomic E-state index is -0.503. The summed E-state index contributed by atoms with van der Waals surface area (Å²) in [5.74, 6) is -1.19. The van der Waals surface area contributed by atoms with Gasteiger partial charge in [0.05, 0.1) is 24.7 Å². The minimum absolute atomic E-state index is 0.309. The molecule has 5 nitrogen and oxygen atoms in total. The summed E-state index contributed by atoms with van der Waals surface area (Å²) in [6.07, 6.45) is 21.1. The summed E-state index contributed by atoms with van der Waals surface area (Å²) in [7, 11) is 0. The average molecular weight is 466 g/mol. The first-order valence-corrected chi connectivity index (χ1v) is 14.0. The van der Waals surface area contributed by atoms with Crippen molar-refractivity contribution in [3.05, 3.63) is 11.3 Å². The Bertz CT molecular complexity index is 558. The topological polar surface area (TPSA) is 64.6 Å². The van der Waals surface area contributed by atoms with Gasteiger partial charge in [0.1, 0.15) is 0 Å². The SMILES string of the molecule is CCCCCCCCCCCCCCCCNC1=C(C(=O)OCC)C(C(=O)OCC)CCC1. The fraction of sp³-hybridized carbons (Fsp3) is 0.857. The highest BCUT2D eigenvalue weighted by atomic mass is 16.5. The van der Waals surface area contributed by atoms with Gasteiger partial charge in [0.25, 0.3) is 0 Å². The summed E-state index contributed by atoms with van der Waals surface area (Å²) < 4.78 is 10.5. The second kappa shape index (κ2) is 19.9. The van der Waals surface area contributed by atoms with Gasteiger partial charge in [-0.1, -0.05) is 90.4 Å². The van der Waals surface area contributed by atoms with E-state index >= 15 is 0 Å². The molecule has 1 aliphatic carbocycles. The van der Waals surface area contributed by atoms with E-state index in [0.29, 0.717) is 25.2 Å². The predicted molar refractivity (Wildman–Crippen MR) is 136 cm³/mol. The summed E-state index contributed by atoms with van der Waals surface area (Å²) in [6.45, 7) is 7.34. The van der Waals surface area contributed by atoms with E-state index in [1.807, 2.05) is 0 Å². The molecule has 192 valence electrons. The van der Waals surface area contributed by atoms with Crippen LogP contribution < -0.4 is 5.32 Å². The van der Waals surface area contributed by atoms with Crippen molar-refractivity contribution in [2.75, 3.05) is 19.8 Å². The molecule has 0 heterocycles. The summed E-state index contributed by atoms with van der Waals surface area (Å²) >= 11 is 0. The zero-order valence-corrected chi connectivity index (χ0v) is 21.9. The molecule has 0 bridgehead atoms. The lowest BCUT2D eigenvalue weighted by Gasteiger charge is -2.26. The fourth-order valence-corrected chi connectivity index (χ4v) is 4.67. The van der Waals surface area contributed by atoms with Gasteiger partial charge < -0.3 is 14.8 Å². The summed E-state index contributed by atoms with van der Waals surface area (Å²) in [4.78, 5) is 24.9. The summed E-state index contributed by atoms with van der Waals surface area (Å²) in [6, 6.07) is 0. The standard InChI is InChI=1S/C28H51NO4/c1-4-7-8-9-10-11-12-13-14-15-16-17-18-19-23-29-25-22-20-21-24(27(30)32-5-2)26(25)28(31)33-6-3/h24,29H,4-23H2,1-3H3. The molecule has 0 saturated heterocycles. The van der Waals surface area contributed by atoms with Gasteiger partial charge in [-0.3, -0.25) is 4.79 Å². The van der Waals surface area contributed by atoms with E-state index in [1.54, 1.807) is 13.8 Å². The molecule has 1 unspecified atom stereocenters. The first-order chi connectivity index (χ1) is 16.2. The largest absolute Gasteiger partial charge is 0.466 e. The van der Waals surface area contributed by atoms with Gasteiger partial charge in [-0.25, -0.2) is 4.79 Å². The van der Waals surface area contributed by atoms with Gasteiger partial charge in [-0.2, -0.15) is 0 Å². The lowest BCUT2D eigenvalue weighted by atomic mass is 9.85. The van der Waals surface area contributed by atoms with Crippen LogP contribution in [0, 0.1) is 5.92 Å². The predicted octanol–water partition coefficient (Wildman–Crippen LogP) is 7.24. The van der Waals surface area contributed by atoms with Gasteiger partial charge in [-0.15, -0.1) is 0 Å². The van der Waals surface area contributed by atoms with E-state index in [2.05, 4.69) is 12.2 Å². The second-order valence-electron chi connectivity index (χ2n) is 9.33. The Hall–Kier alpha value is -1.52. The van der Waals surface area contributed by atoms with Gasteiger partial charge in [0, 0.05) is 12.2 Å². The third kappa shape index (κ3) is 13.1. The van der Waals surface area contributed by atoms with Crippen molar-refractivity contribution in [1.82, 2.24) is 5.32 Å². The highest BCUT2D eigenvalue weighted by Gasteiger charge is 2.35. The number of nitrogens with one attached hydrogen (secondary N) is 1. The number of carbonyl (C=O) groups excluding carboxylic acids is 2.